The molecule has 3 heteroatoms. The lowest BCUT2D eigenvalue weighted by molar-refractivity contribution is 0.479. The number of anilines is 1. The Labute approximate surface area is 106 Å². The number of hydrogen-bond donors (Lipinski definition) is 1. The Kier molecular flexibility index (Phi) is 3.20. The second-order valence-electron chi connectivity index (χ2n) is 4.23. The van der Waals surface area contributed by atoms with E-state index in [1.54, 1.807) is 18.2 Å². The summed E-state index contributed by atoms with van der Waals surface area (Å²) in [7, 11) is 0. The van der Waals surface area contributed by atoms with Gasteiger partial charge in [-0.2, -0.15) is 5.26 Å². The summed E-state index contributed by atoms with van der Waals surface area (Å²) < 4.78 is 5.76. The number of nitriles is 1. The first-order valence-electron chi connectivity index (χ1n) is 5.65. The zero-order valence-corrected chi connectivity index (χ0v) is 10.4. The minimum absolute atomic E-state index is 0.430. The van der Waals surface area contributed by atoms with Gasteiger partial charge in [0.1, 0.15) is 17.6 Å². The van der Waals surface area contributed by atoms with Crippen LogP contribution in [-0.4, -0.2) is 0 Å². The Hall–Kier alpha value is -2.47. The second-order valence-corrected chi connectivity index (χ2v) is 4.23. The van der Waals surface area contributed by atoms with E-state index >= 15 is 0 Å². The van der Waals surface area contributed by atoms with Gasteiger partial charge in [-0.1, -0.05) is 17.7 Å². The standard InChI is InChI=1S/C15H14N2O/c1-10-3-6-15(11(2)7-10)18-13-5-4-12(9-16)14(17)8-13/h3-8H,17H2,1-2H3. The van der Waals surface area contributed by atoms with Crippen LogP contribution in [0.25, 0.3) is 0 Å². The molecule has 0 aliphatic carbocycles. The highest BCUT2D eigenvalue weighted by atomic mass is 16.5. The highest BCUT2D eigenvalue weighted by Crippen LogP contribution is 2.27. The van der Waals surface area contributed by atoms with Crippen LogP contribution in [0.4, 0.5) is 5.69 Å². The number of rotatable bonds is 2. The smallest absolute Gasteiger partial charge is 0.130 e. The highest BCUT2D eigenvalue weighted by molar-refractivity contribution is 5.57. The third-order valence-electron chi connectivity index (χ3n) is 2.70. The summed E-state index contributed by atoms with van der Waals surface area (Å²) in [5, 5.41) is 8.80. The average molecular weight is 238 g/mol. The number of nitrogens with zero attached hydrogens (tertiary/aromatic N) is 1. The molecule has 0 aromatic heterocycles. The molecule has 2 aromatic rings. The highest BCUT2D eigenvalue weighted by Gasteiger charge is 2.04. The molecule has 2 N–H and O–H groups in total. The normalized spacial score (nSPS) is 9.83. The van der Waals surface area contributed by atoms with Crippen molar-refractivity contribution in [3.05, 3.63) is 53.1 Å². The molecule has 0 heterocycles. The van der Waals surface area contributed by atoms with Gasteiger partial charge >= 0.3 is 0 Å². The first kappa shape index (κ1) is 12.0. The maximum absolute atomic E-state index is 8.80. The van der Waals surface area contributed by atoms with Gasteiger partial charge in [0.2, 0.25) is 0 Å². The molecule has 0 aliphatic heterocycles. The Bertz CT molecular complexity index is 627. The molecule has 0 bridgehead atoms. The van der Waals surface area contributed by atoms with Gasteiger partial charge in [0.15, 0.2) is 0 Å². The molecule has 0 radical (unpaired) electrons. The van der Waals surface area contributed by atoms with Gasteiger partial charge in [0, 0.05) is 6.07 Å². The van der Waals surface area contributed by atoms with Gasteiger partial charge in [-0.25, -0.2) is 0 Å². The van der Waals surface area contributed by atoms with Crippen LogP contribution >= 0.6 is 0 Å². The van der Waals surface area contributed by atoms with E-state index in [0.717, 1.165) is 11.3 Å². The van der Waals surface area contributed by atoms with Gasteiger partial charge < -0.3 is 10.5 Å². The quantitative estimate of drug-likeness (QED) is 0.814. The van der Waals surface area contributed by atoms with E-state index < -0.39 is 0 Å². The van der Waals surface area contributed by atoms with Crippen molar-refractivity contribution in [1.29, 1.82) is 5.26 Å². The Morgan fingerprint density at radius 2 is 1.89 bits per heavy atom. The molecule has 0 aliphatic rings. The van der Waals surface area contributed by atoms with Crippen LogP contribution in [0.15, 0.2) is 36.4 Å². The Morgan fingerprint density at radius 3 is 2.50 bits per heavy atom. The molecule has 0 spiro atoms. The van der Waals surface area contributed by atoms with E-state index in [-0.39, 0.29) is 0 Å². The van der Waals surface area contributed by atoms with Crippen LogP contribution in [0.1, 0.15) is 16.7 Å². The SMILES string of the molecule is Cc1ccc(Oc2ccc(C#N)c(N)c2)c(C)c1. The number of nitrogens with two attached hydrogens (primary N) is 1. The minimum Gasteiger partial charge on any atom is -0.457 e. The molecule has 2 aromatic carbocycles. The molecule has 3 nitrogen and oxygen atoms in total. The monoisotopic (exact) mass is 238 g/mol. The average Bonchev–Trinajstić information content (AvgIpc) is 2.33. The molecule has 0 atom stereocenters. The predicted molar refractivity (Wildman–Crippen MR) is 71.6 cm³/mol. The molecule has 2 rings (SSSR count). The summed E-state index contributed by atoms with van der Waals surface area (Å²) in [5.41, 5.74) is 8.90. The van der Waals surface area contributed by atoms with Crippen molar-refractivity contribution >= 4 is 5.69 Å². The van der Waals surface area contributed by atoms with Crippen LogP contribution in [0.5, 0.6) is 11.5 Å². The van der Waals surface area contributed by atoms with Crippen molar-refractivity contribution in [1.82, 2.24) is 0 Å². The van der Waals surface area contributed by atoms with Crippen molar-refractivity contribution in [2.75, 3.05) is 5.73 Å². The van der Waals surface area contributed by atoms with Gasteiger partial charge in [0.05, 0.1) is 11.3 Å². The summed E-state index contributed by atoms with van der Waals surface area (Å²) in [5.74, 6) is 1.43. The van der Waals surface area contributed by atoms with E-state index in [2.05, 4.69) is 6.07 Å². The molecular formula is C15H14N2O. The number of benzene rings is 2. The Morgan fingerprint density at radius 1 is 1.11 bits per heavy atom. The summed E-state index contributed by atoms with van der Waals surface area (Å²) in [6.45, 7) is 4.03. The number of aryl methyl sites for hydroxylation is 2. The van der Waals surface area contributed by atoms with Crippen LogP contribution in [-0.2, 0) is 0 Å². The van der Waals surface area contributed by atoms with E-state index in [1.165, 1.54) is 5.56 Å². The van der Waals surface area contributed by atoms with E-state index in [0.29, 0.717) is 17.0 Å². The summed E-state index contributed by atoms with van der Waals surface area (Å²) >= 11 is 0. The number of nitrogen functional groups attached to an aromatic ring is 1. The molecule has 0 saturated carbocycles. The van der Waals surface area contributed by atoms with Crippen molar-refractivity contribution in [2.24, 2.45) is 0 Å². The van der Waals surface area contributed by atoms with E-state index in [9.17, 15) is 0 Å². The van der Waals surface area contributed by atoms with Gasteiger partial charge in [-0.3, -0.25) is 0 Å². The summed E-state index contributed by atoms with van der Waals surface area (Å²) in [6, 6.07) is 13.1. The maximum atomic E-state index is 8.80. The number of ether oxygens (including phenoxy) is 1. The van der Waals surface area contributed by atoms with Crippen molar-refractivity contribution < 1.29 is 4.74 Å². The fourth-order valence-corrected chi connectivity index (χ4v) is 1.75. The molecule has 0 saturated heterocycles. The lowest BCUT2D eigenvalue weighted by atomic mass is 10.1. The molecule has 90 valence electrons. The lowest BCUT2D eigenvalue weighted by Gasteiger charge is -2.10. The molecule has 0 amide bonds. The predicted octanol–water partition coefficient (Wildman–Crippen LogP) is 3.55. The van der Waals surface area contributed by atoms with Crippen molar-refractivity contribution in [3.63, 3.8) is 0 Å². The van der Waals surface area contributed by atoms with Crippen LogP contribution < -0.4 is 10.5 Å². The van der Waals surface area contributed by atoms with Crippen LogP contribution in [0.3, 0.4) is 0 Å². The summed E-state index contributed by atoms with van der Waals surface area (Å²) in [4.78, 5) is 0. The van der Waals surface area contributed by atoms with Crippen LogP contribution in [0.2, 0.25) is 0 Å². The van der Waals surface area contributed by atoms with Gasteiger partial charge in [-0.05, 0) is 37.6 Å². The fourth-order valence-electron chi connectivity index (χ4n) is 1.75. The Balaban J connectivity index is 2.29. The van der Waals surface area contributed by atoms with Crippen LogP contribution in [0, 0.1) is 25.2 Å². The maximum Gasteiger partial charge on any atom is 0.130 e. The molecular weight excluding hydrogens is 224 g/mol. The minimum atomic E-state index is 0.430. The topological polar surface area (TPSA) is 59.0 Å². The zero-order chi connectivity index (χ0) is 13.1. The first-order chi connectivity index (χ1) is 8.60. The third kappa shape index (κ3) is 2.44. The largest absolute Gasteiger partial charge is 0.457 e. The van der Waals surface area contributed by atoms with E-state index in [4.69, 9.17) is 15.7 Å². The van der Waals surface area contributed by atoms with Gasteiger partial charge in [-0.15, -0.1) is 0 Å². The number of hydrogen-bond acceptors (Lipinski definition) is 3. The summed E-state index contributed by atoms with van der Waals surface area (Å²) in [6.07, 6.45) is 0. The first-order valence-corrected chi connectivity index (χ1v) is 5.65. The third-order valence-corrected chi connectivity index (χ3v) is 2.70. The lowest BCUT2D eigenvalue weighted by Crippen LogP contribution is -1.93. The molecule has 0 fully saturated rings. The second kappa shape index (κ2) is 4.80. The van der Waals surface area contributed by atoms with Crippen molar-refractivity contribution in [3.8, 4) is 17.6 Å². The fraction of sp³-hybridized carbons (Fsp3) is 0.133. The molecule has 0 unspecified atom stereocenters. The zero-order valence-electron chi connectivity index (χ0n) is 10.4. The molecule has 18 heavy (non-hydrogen) atoms. The van der Waals surface area contributed by atoms with Gasteiger partial charge in [0.25, 0.3) is 0 Å². The van der Waals surface area contributed by atoms with E-state index in [1.807, 2.05) is 32.0 Å². The van der Waals surface area contributed by atoms with Crippen molar-refractivity contribution in [2.45, 2.75) is 13.8 Å².